The second kappa shape index (κ2) is 10.6. The molecule has 1 aromatic heterocycles. The van der Waals surface area contributed by atoms with Crippen LogP contribution >= 0.6 is 11.3 Å². The smallest absolute Gasteiger partial charge is 0.407 e. The molecule has 0 bridgehead atoms. The summed E-state index contributed by atoms with van der Waals surface area (Å²) in [4.78, 5) is 36.9. The van der Waals surface area contributed by atoms with Crippen molar-refractivity contribution in [2.75, 3.05) is 11.9 Å². The molecule has 0 aliphatic heterocycles. The van der Waals surface area contributed by atoms with Gasteiger partial charge in [-0.25, -0.2) is 4.79 Å². The number of carbonyl (C=O) groups excluding carboxylic acids is 3. The molecule has 8 heteroatoms. The molecular weight excluding hydrogens is 390 g/mol. The Balaban J connectivity index is 1.79. The molecule has 0 spiro atoms. The Morgan fingerprint density at radius 2 is 1.76 bits per heavy atom. The molecule has 0 radical (unpaired) electrons. The van der Waals surface area contributed by atoms with Gasteiger partial charge in [0.2, 0.25) is 11.8 Å². The number of hydrogen-bond acceptors (Lipinski definition) is 5. The Hall–Kier alpha value is -2.87. The molecule has 3 N–H and O–H groups in total. The van der Waals surface area contributed by atoms with E-state index in [2.05, 4.69) is 16.0 Å². The highest BCUT2D eigenvalue weighted by atomic mass is 32.1. The van der Waals surface area contributed by atoms with Crippen molar-refractivity contribution in [1.82, 2.24) is 10.6 Å². The lowest BCUT2D eigenvalue weighted by atomic mass is 10.1. The van der Waals surface area contributed by atoms with E-state index in [4.69, 9.17) is 4.74 Å². The van der Waals surface area contributed by atoms with Crippen LogP contribution in [-0.4, -0.2) is 30.1 Å². The molecule has 0 aliphatic rings. The molecule has 1 aromatic carbocycles. The third kappa shape index (κ3) is 8.78. The standard InChI is InChI=1S/C21H27N3O4S/c1-21(2,3)28-20(27)22-11-10-18(25)24-17-9-5-4-7-15(17)14-23-19(26)13-16-8-6-12-29-16/h4-9,12H,10-11,13-14H2,1-3H3,(H,22,27)(H,23,26)(H,24,25). The van der Waals surface area contributed by atoms with Crippen molar-refractivity contribution in [3.05, 3.63) is 52.2 Å². The van der Waals surface area contributed by atoms with Crippen molar-refractivity contribution < 1.29 is 19.1 Å². The summed E-state index contributed by atoms with van der Waals surface area (Å²) in [6.07, 6.45) is -0.111. The number of ether oxygens (including phenoxy) is 1. The van der Waals surface area contributed by atoms with E-state index in [-0.39, 0.29) is 24.8 Å². The number of anilines is 1. The zero-order valence-corrected chi connectivity index (χ0v) is 17.7. The van der Waals surface area contributed by atoms with Gasteiger partial charge in [0.1, 0.15) is 5.60 Å². The van der Waals surface area contributed by atoms with Crippen molar-refractivity contribution in [2.24, 2.45) is 0 Å². The van der Waals surface area contributed by atoms with Gasteiger partial charge < -0.3 is 20.7 Å². The average Bonchev–Trinajstić information content (AvgIpc) is 3.12. The van der Waals surface area contributed by atoms with Crippen LogP contribution in [-0.2, 0) is 27.3 Å². The largest absolute Gasteiger partial charge is 0.444 e. The summed E-state index contributed by atoms with van der Waals surface area (Å²) >= 11 is 1.54. The van der Waals surface area contributed by atoms with Gasteiger partial charge in [0.15, 0.2) is 0 Å². The number of amides is 3. The van der Waals surface area contributed by atoms with Gasteiger partial charge in [-0.15, -0.1) is 11.3 Å². The highest BCUT2D eigenvalue weighted by Gasteiger charge is 2.16. The normalized spacial score (nSPS) is 10.9. The zero-order valence-electron chi connectivity index (χ0n) is 16.9. The molecule has 0 saturated heterocycles. The van der Waals surface area contributed by atoms with Gasteiger partial charge in [-0.2, -0.15) is 0 Å². The summed E-state index contributed by atoms with van der Waals surface area (Å²) in [5, 5.41) is 10.2. The molecule has 2 aromatic rings. The number of alkyl carbamates (subject to hydrolysis) is 1. The van der Waals surface area contributed by atoms with E-state index in [1.807, 2.05) is 35.7 Å². The first-order chi connectivity index (χ1) is 13.7. The predicted molar refractivity (Wildman–Crippen MR) is 114 cm³/mol. The van der Waals surface area contributed by atoms with Crippen LogP contribution in [0, 0.1) is 0 Å². The number of para-hydroxylation sites is 1. The lowest BCUT2D eigenvalue weighted by Crippen LogP contribution is -2.34. The first-order valence-corrected chi connectivity index (χ1v) is 10.2. The van der Waals surface area contributed by atoms with Crippen LogP contribution in [0.15, 0.2) is 41.8 Å². The average molecular weight is 418 g/mol. The fourth-order valence-corrected chi connectivity index (χ4v) is 3.13. The van der Waals surface area contributed by atoms with Gasteiger partial charge in [0, 0.05) is 30.1 Å². The molecule has 7 nitrogen and oxygen atoms in total. The molecule has 2 rings (SSSR count). The van der Waals surface area contributed by atoms with Gasteiger partial charge in [-0.3, -0.25) is 9.59 Å². The maximum Gasteiger partial charge on any atom is 0.407 e. The summed E-state index contributed by atoms with van der Waals surface area (Å²) in [5.74, 6) is -0.312. The third-order valence-corrected chi connectivity index (χ3v) is 4.58. The molecule has 1 heterocycles. The van der Waals surface area contributed by atoms with Gasteiger partial charge in [0.05, 0.1) is 6.42 Å². The SMILES string of the molecule is CC(C)(C)OC(=O)NCCC(=O)Nc1ccccc1CNC(=O)Cc1cccs1. The molecule has 0 fully saturated rings. The Morgan fingerprint density at radius 1 is 1.00 bits per heavy atom. The minimum atomic E-state index is -0.584. The Kier molecular flexibility index (Phi) is 8.21. The van der Waals surface area contributed by atoms with Crippen LogP contribution in [0.4, 0.5) is 10.5 Å². The monoisotopic (exact) mass is 417 g/mol. The molecule has 0 aliphatic carbocycles. The fraction of sp³-hybridized carbons (Fsp3) is 0.381. The van der Waals surface area contributed by atoms with E-state index in [0.717, 1.165) is 10.4 Å². The molecule has 29 heavy (non-hydrogen) atoms. The van der Waals surface area contributed by atoms with Gasteiger partial charge >= 0.3 is 6.09 Å². The Labute approximate surface area is 174 Å². The quantitative estimate of drug-likeness (QED) is 0.613. The second-order valence-corrected chi connectivity index (χ2v) is 8.45. The van der Waals surface area contributed by atoms with E-state index in [1.165, 1.54) is 0 Å². The fourth-order valence-electron chi connectivity index (χ4n) is 2.43. The van der Waals surface area contributed by atoms with Crippen molar-refractivity contribution in [3.8, 4) is 0 Å². The van der Waals surface area contributed by atoms with E-state index >= 15 is 0 Å². The summed E-state index contributed by atoms with van der Waals surface area (Å²) in [6, 6.07) is 11.1. The molecular formula is C21H27N3O4S. The van der Waals surface area contributed by atoms with Crippen LogP contribution in [0.3, 0.4) is 0 Å². The minimum absolute atomic E-state index is 0.0739. The van der Waals surface area contributed by atoms with Crippen LogP contribution in [0.2, 0.25) is 0 Å². The van der Waals surface area contributed by atoms with Crippen molar-refractivity contribution in [2.45, 2.75) is 45.8 Å². The minimum Gasteiger partial charge on any atom is -0.444 e. The summed E-state index contributed by atoms with van der Waals surface area (Å²) in [7, 11) is 0. The molecule has 0 saturated carbocycles. The van der Waals surface area contributed by atoms with Gasteiger partial charge in [0.25, 0.3) is 0 Å². The summed E-state index contributed by atoms with van der Waals surface area (Å²) in [5.41, 5.74) is 0.853. The van der Waals surface area contributed by atoms with Crippen LogP contribution in [0.1, 0.15) is 37.6 Å². The Bertz CT molecular complexity index is 829. The van der Waals surface area contributed by atoms with Crippen LogP contribution < -0.4 is 16.0 Å². The maximum atomic E-state index is 12.2. The molecule has 0 atom stereocenters. The lowest BCUT2D eigenvalue weighted by molar-refractivity contribution is -0.120. The van der Waals surface area contributed by atoms with Gasteiger partial charge in [-0.1, -0.05) is 24.3 Å². The Morgan fingerprint density at radius 3 is 2.45 bits per heavy atom. The first-order valence-electron chi connectivity index (χ1n) is 9.36. The van der Waals surface area contributed by atoms with E-state index in [0.29, 0.717) is 18.7 Å². The van der Waals surface area contributed by atoms with Crippen LogP contribution in [0.5, 0.6) is 0 Å². The second-order valence-electron chi connectivity index (χ2n) is 7.42. The van der Waals surface area contributed by atoms with E-state index in [1.54, 1.807) is 38.2 Å². The number of carbonyl (C=O) groups is 3. The van der Waals surface area contributed by atoms with Crippen molar-refractivity contribution >= 4 is 34.9 Å². The van der Waals surface area contributed by atoms with E-state index < -0.39 is 11.7 Å². The highest BCUT2D eigenvalue weighted by Crippen LogP contribution is 2.15. The van der Waals surface area contributed by atoms with Crippen LogP contribution in [0.25, 0.3) is 0 Å². The first kappa shape index (κ1) is 22.4. The number of thiophene rings is 1. The van der Waals surface area contributed by atoms with Crippen molar-refractivity contribution in [1.29, 1.82) is 0 Å². The number of hydrogen-bond donors (Lipinski definition) is 3. The number of rotatable bonds is 8. The zero-order chi connectivity index (χ0) is 21.3. The number of benzene rings is 1. The molecule has 156 valence electrons. The summed E-state index contributed by atoms with van der Waals surface area (Å²) in [6.45, 7) is 5.80. The lowest BCUT2D eigenvalue weighted by Gasteiger charge is -2.19. The highest BCUT2D eigenvalue weighted by molar-refractivity contribution is 7.10. The number of nitrogens with one attached hydrogen (secondary N) is 3. The third-order valence-electron chi connectivity index (χ3n) is 3.70. The summed E-state index contributed by atoms with van der Waals surface area (Å²) < 4.78 is 5.13. The predicted octanol–water partition coefficient (Wildman–Crippen LogP) is 3.46. The molecule has 3 amide bonds. The van der Waals surface area contributed by atoms with E-state index in [9.17, 15) is 14.4 Å². The topological polar surface area (TPSA) is 96.5 Å². The molecule has 0 unspecified atom stereocenters. The van der Waals surface area contributed by atoms with Crippen molar-refractivity contribution in [3.63, 3.8) is 0 Å². The van der Waals surface area contributed by atoms with Gasteiger partial charge in [-0.05, 0) is 43.8 Å². The maximum absolute atomic E-state index is 12.2.